The van der Waals surface area contributed by atoms with Crippen molar-refractivity contribution in [1.29, 1.82) is 0 Å². The Labute approximate surface area is 114 Å². The first-order valence-corrected chi connectivity index (χ1v) is 6.47. The highest BCUT2D eigenvalue weighted by Gasteiger charge is 2.33. The SMILES string of the molecule is O=C(O)C1CCC(c2nc(CCOCC(F)F)no2)C1. The fourth-order valence-electron chi connectivity index (χ4n) is 2.30. The van der Waals surface area contributed by atoms with Gasteiger partial charge in [-0.2, -0.15) is 4.98 Å². The van der Waals surface area contributed by atoms with Gasteiger partial charge in [0.1, 0.15) is 6.61 Å². The predicted molar refractivity (Wildman–Crippen MR) is 62.5 cm³/mol. The molecule has 0 amide bonds. The van der Waals surface area contributed by atoms with Crippen molar-refractivity contribution in [1.82, 2.24) is 10.1 Å². The van der Waals surface area contributed by atoms with Crippen molar-refractivity contribution in [2.24, 2.45) is 5.92 Å². The Kier molecular flexibility index (Phi) is 4.99. The van der Waals surface area contributed by atoms with Gasteiger partial charge in [0.05, 0.1) is 12.5 Å². The van der Waals surface area contributed by atoms with E-state index >= 15 is 0 Å². The Morgan fingerprint density at radius 1 is 1.50 bits per heavy atom. The Bertz CT molecular complexity index is 452. The Morgan fingerprint density at radius 3 is 2.95 bits per heavy atom. The quantitative estimate of drug-likeness (QED) is 0.771. The maximum atomic E-state index is 11.8. The number of carboxylic acid groups (broad SMARTS) is 1. The molecule has 0 spiro atoms. The molecule has 6 nitrogen and oxygen atoms in total. The monoisotopic (exact) mass is 290 g/mol. The molecule has 1 N–H and O–H groups in total. The van der Waals surface area contributed by atoms with Crippen LogP contribution in [-0.2, 0) is 16.0 Å². The van der Waals surface area contributed by atoms with E-state index < -0.39 is 19.0 Å². The Hall–Kier alpha value is -1.57. The number of rotatable bonds is 7. The van der Waals surface area contributed by atoms with E-state index in [0.717, 1.165) is 0 Å². The van der Waals surface area contributed by atoms with Crippen LogP contribution < -0.4 is 0 Å². The first kappa shape index (κ1) is 14.8. The van der Waals surface area contributed by atoms with E-state index in [2.05, 4.69) is 10.1 Å². The predicted octanol–water partition coefficient (Wildman–Crippen LogP) is 1.86. The van der Waals surface area contributed by atoms with Crippen molar-refractivity contribution in [2.45, 2.75) is 38.0 Å². The van der Waals surface area contributed by atoms with Gasteiger partial charge in [0.2, 0.25) is 5.89 Å². The highest BCUT2D eigenvalue weighted by atomic mass is 19.3. The van der Waals surface area contributed by atoms with Gasteiger partial charge in [-0.25, -0.2) is 8.78 Å². The van der Waals surface area contributed by atoms with Crippen LogP contribution in [0.1, 0.15) is 36.9 Å². The molecule has 1 heterocycles. The second-order valence-electron chi connectivity index (χ2n) is 4.81. The molecule has 1 fully saturated rings. The second kappa shape index (κ2) is 6.74. The summed E-state index contributed by atoms with van der Waals surface area (Å²) in [4.78, 5) is 15.0. The van der Waals surface area contributed by atoms with Crippen molar-refractivity contribution >= 4 is 5.97 Å². The lowest BCUT2D eigenvalue weighted by Gasteiger charge is -2.02. The summed E-state index contributed by atoms with van der Waals surface area (Å²) in [5.74, 6) is -0.359. The number of hydrogen-bond acceptors (Lipinski definition) is 5. The van der Waals surface area contributed by atoms with Crippen molar-refractivity contribution < 1.29 is 27.9 Å². The zero-order valence-electron chi connectivity index (χ0n) is 10.8. The topological polar surface area (TPSA) is 85.5 Å². The van der Waals surface area contributed by atoms with Gasteiger partial charge in [-0.15, -0.1) is 0 Å². The molecule has 20 heavy (non-hydrogen) atoms. The van der Waals surface area contributed by atoms with Crippen LogP contribution in [0.5, 0.6) is 0 Å². The molecule has 0 radical (unpaired) electrons. The van der Waals surface area contributed by atoms with Crippen LogP contribution in [-0.4, -0.2) is 40.9 Å². The smallest absolute Gasteiger partial charge is 0.306 e. The summed E-state index contributed by atoms with van der Waals surface area (Å²) >= 11 is 0. The number of nitrogens with zero attached hydrogens (tertiary/aromatic N) is 2. The maximum Gasteiger partial charge on any atom is 0.306 e. The van der Waals surface area contributed by atoms with E-state index in [4.69, 9.17) is 14.4 Å². The third kappa shape index (κ3) is 3.96. The zero-order valence-corrected chi connectivity index (χ0v) is 10.8. The normalized spacial score (nSPS) is 22.6. The summed E-state index contributed by atoms with van der Waals surface area (Å²) in [6.07, 6.45) is -0.373. The molecular weight excluding hydrogens is 274 g/mol. The average Bonchev–Trinajstić information content (AvgIpc) is 3.03. The van der Waals surface area contributed by atoms with E-state index in [1.54, 1.807) is 0 Å². The summed E-state index contributed by atoms with van der Waals surface area (Å²) in [5, 5.41) is 12.7. The first-order valence-electron chi connectivity index (χ1n) is 6.47. The molecule has 0 bridgehead atoms. The van der Waals surface area contributed by atoms with Crippen molar-refractivity contribution in [2.75, 3.05) is 13.2 Å². The minimum atomic E-state index is -2.48. The molecule has 1 aromatic heterocycles. The third-order valence-corrected chi connectivity index (χ3v) is 3.33. The van der Waals surface area contributed by atoms with Crippen LogP contribution in [0.2, 0.25) is 0 Å². The maximum absolute atomic E-state index is 11.8. The fraction of sp³-hybridized carbons (Fsp3) is 0.750. The average molecular weight is 290 g/mol. The molecule has 2 rings (SSSR count). The van der Waals surface area contributed by atoms with Gasteiger partial charge < -0.3 is 14.4 Å². The standard InChI is InChI=1S/C12H16F2N2O4/c13-9(14)6-19-4-3-10-15-11(20-16-10)7-1-2-8(5-7)12(17)18/h7-9H,1-6H2,(H,17,18). The van der Waals surface area contributed by atoms with Crippen LogP contribution in [0.25, 0.3) is 0 Å². The highest BCUT2D eigenvalue weighted by Crippen LogP contribution is 2.37. The number of aliphatic carboxylic acids is 1. The molecule has 1 saturated carbocycles. The van der Waals surface area contributed by atoms with Crippen LogP contribution in [0.15, 0.2) is 4.52 Å². The van der Waals surface area contributed by atoms with Crippen LogP contribution in [0.3, 0.4) is 0 Å². The lowest BCUT2D eigenvalue weighted by Crippen LogP contribution is -2.09. The Balaban J connectivity index is 1.79. The largest absolute Gasteiger partial charge is 0.481 e. The lowest BCUT2D eigenvalue weighted by molar-refractivity contribution is -0.141. The number of carboxylic acids is 1. The lowest BCUT2D eigenvalue weighted by atomic mass is 10.1. The summed E-state index contributed by atoms with van der Waals surface area (Å²) in [7, 11) is 0. The highest BCUT2D eigenvalue weighted by molar-refractivity contribution is 5.70. The minimum absolute atomic E-state index is 0.0284. The Morgan fingerprint density at radius 2 is 2.30 bits per heavy atom. The molecule has 0 saturated heterocycles. The van der Waals surface area contributed by atoms with E-state index in [-0.39, 0.29) is 18.4 Å². The molecule has 1 aliphatic carbocycles. The van der Waals surface area contributed by atoms with Crippen molar-refractivity contribution in [3.05, 3.63) is 11.7 Å². The van der Waals surface area contributed by atoms with Gasteiger partial charge >= 0.3 is 5.97 Å². The molecule has 1 aromatic rings. The summed E-state index contributed by atoms with van der Waals surface area (Å²) in [6, 6.07) is 0. The molecular formula is C12H16F2N2O4. The zero-order chi connectivity index (χ0) is 14.5. The molecule has 2 unspecified atom stereocenters. The molecule has 2 atom stereocenters. The van der Waals surface area contributed by atoms with Gasteiger partial charge in [-0.3, -0.25) is 4.79 Å². The number of halogens is 2. The van der Waals surface area contributed by atoms with Crippen LogP contribution in [0, 0.1) is 5.92 Å². The summed E-state index contributed by atoms with van der Waals surface area (Å²) in [6.45, 7) is -0.501. The summed E-state index contributed by atoms with van der Waals surface area (Å²) < 4.78 is 33.5. The van der Waals surface area contributed by atoms with E-state index in [1.165, 1.54) is 0 Å². The molecule has 112 valence electrons. The molecule has 0 aromatic carbocycles. The summed E-state index contributed by atoms with van der Waals surface area (Å²) in [5.41, 5.74) is 0. The third-order valence-electron chi connectivity index (χ3n) is 3.33. The number of ether oxygens (including phenoxy) is 1. The first-order chi connectivity index (χ1) is 9.56. The molecule has 0 aliphatic heterocycles. The minimum Gasteiger partial charge on any atom is -0.481 e. The van der Waals surface area contributed by atoms with Crippen LogP contribution >= 0.6 is 0 Å². The van der Waals surface area contributed by atoms with Crippen LogP contribution in [0.4, 0.5) is 8.78 Å². The van der Waals surface area contributed by atoms with Gasteiger partial charge in [0, 0.05) is 12.3 Å². The van der Waals surface area contributed by atoms with Crippen molar-refractivity contribution in [3.63, 3.8) is 0 Å². The fourth-order valence-corrected chi connectivity index (χ4v) is 2.30. The van der Waals surface area contributed by atoms with E-state index in [1.807, 2.05) is 0 Å². The van der Waals surface area contributed by atoms with Gasteiger partial charge in [0.15, 0.2) is 5.82 Å². The number of carbonyl (C=O) groups is 1. The molecule has 1 aliphatic rings. The second-order valence-corrected chi connectivity index (χ2v) is 4.81. The molecule has 8 heteroatoms. The van der Waals surface area contributed by atoms with Gasteiger partial charge in [-0.05, 0) is 19.3 Å². The van der Waals surface area contributed by atoms with Gasteiger partial charge in [0.25, 0.3) is 6.43 Å². The van der Waals surface area contributed by atoms with Gasteiger partial charge in [-0.1, -0.05) is 5.16 Å². The van der Waals surface area contributed by atoms with E-state index in [9.17, 15) is 13.6 Å². The number of hydrogen-bond donors (Lipinski definition) is 1. The number of aromatic nitrogens is 2. The van der Waals surface area contributed by atoms with Crippen molar-refractivity contribution in [3.8, 4) is 0 Å². The van der Waals surface area contributed by atoms with E-state index in [0.29, 0.717) is 37.4 Å². The number of alkyl halides is 2.